The Morgan fingerprint density at radius 3 is 1.89 bits per heavy atom. The second-order valence-corrected chi connectivity index (χ2v) is 13.3. The minimum atomic E-state index is -3.42. The molecule has 6 nitrogen and oxygen atoms in total. The van der Waals surface area contributed by atoms with Crippen LogP contribution in [0, 0.1) is 0 Å². The highest BCUT2D eigenvalue weighted by Crippen LogP contribution is 2.47. The van der Waals surface area contributed by atoms with Gasteiger partial charge in [-0.2, -0.15) is 0 Å². The summed E-state index contributed by atoms with van der Waals surface area (Å²) < 4.78 is 23.2. The first kappa shape index (κ1) is 29.1. The van der Waals surface area contributed by atoms with Crippen LogP contribution in [0.2, 0.25) is 0 Å². The number of aryl methyl sites for hydroxylation is 1. The fourth-order valence-corrected chi connectivity index (χ4v) is 5.12. The Bertz CT molecular complexity index is 995. The fourth-order valence-electron chi connectivity index (χ4n) is 4.02. The van der Waals surface area contributed by atoms with Gasteiger partial charge in [0.2, 0.25) is 5.91 Å². The largest absolute Gasteiger partial charge is 0.507 e. The van der Waals surface area contributed by atoms with Crippen LogP contribution in [0.4, 0.5) is 0 Å². The lowest BCUT2D eigenvalue weighted by Crippen LogP contribution is -2.35. The van der Waals surface area contributed by atoms with Gasteiger partial charge in [-0.15, -0.1) is 0 Å². The summed E-state index contributed by atoms with van der Waals surface area (Å²) in [6.45, 7) is 12.7. The summed E-state index contributed by atoms with van der Waals surface area (Å²) in [5.74, 6) is 0.127. The summed E-state index contributed by atoms with van der Waals surface area (Å²) in [6.07, 6.45) is 1.55. The third kappa shape index (κ3) is 8.20. The molecule has 2 aromatic carbocycles. The van der Waals surface area contributed by atoms with Gasteiger partial charge in [0.1, 0.15) is 12.0 Å². The van der Waals surface area contributed by atoms with Gasteiger partial charge in [-0.05, 0) is 45.9 Å². The van der Waals surface area contributed by atoms with E-state index in [9.17, 15) is 14.5 Å². The highest BCUT2D eigenvalue weighted by Gasteiger charge is 2.30. The average molecular weight is 504 g/mol. The van der Waals surface area contributed by atoms with Crippen molar-refractivity contribution in [3.05, 3.63) is 64.7 Å². The summed E-state index contributed by atoms with van der Waals surface area (Å²) >= 11 is 0. The predicted molar refractivity (Wildman–Crippen MR) is 142 cm³/mol. The molecule has 1 N–H and O–H groups in total. The molecule has 2 aromatic rings. The molecule has 0 fully saturated rings. The molecule has 0 aromatic heterocycles. The number of phenols is 1. The van der Waals surface area contributed by atoms with E-state index in [0.29, 0.717) is 6.54 Å². The zero-order valence-electron chi connectivity index (χ0n) is 22.6. The second-order valence-electron chi connectivity index (χ2n) is 11.1. The topological polar surface area (TPSA) is 76.1 Å². The van der Waals surface area contributed by atoms with Crippen LogP contribution >= 0.6 is 7.60 Å². The number of phenolic OH excluding ortho intramolecular Hbond substituents is 1. The van der Waals surface area contributed by atoms with Gasteiger partial charge in [-0.3, -0.25) is 9.36 Å². The summed E-state index contributed by atoms with van der Waals surface area (Å²) in [6, 6.07) is 13.9. The predicted octanol–water partition coefficient (Wildman–Crippen LogP) is 6.43. The molecule has 1 amide bonds. The molecular formula is C28H42NO5P. The molecule has 0 radical (unpaired) electrons. The Morgan fingerprint density at radius 2 is 1.43 bits per heavy atom. The Labute approximate surface area is 211 Å². The Morgan fingerprint density at radius 1 is 0.914 bits per heavy atom. The van der Waals surface area contributed by atoms with E-state index in [1.54, 1.807) is 4.90 Å². The van der Waals surface area contributed by atoms with Gasteiger partial charge in [-0.25, -0.2) is 0 Å². The first-order valence-corrected chi connectivity index (χ1v) is 13.8. The highest BCUT2D eigenvalue weighted by atomic mass is 31.2. The summed E-state index contributed by atoms with van der Waals surface area (Å²) in [5.41, 5.74) is 3.04. The monoisotopic (exact) mass is 503 g/mol. The van der Waals surface area contributed by atoms with E-state index in [2.05, 4.69) is 12.1 Å². The van der Waals surface area contributed by atoms with Gasteiger partial charge in [-0.1, -0.05) is 84.0 Å². The first-order chi connectivity index (χ1) is 16.2. The minimum absolute atomic E-state index is 0.107. The van der Waals surface area contributed by atoms with Gasteiger partial charge in [0.05, 0.1) is 6.42 Å². The third-order valence-corrected chi connectivity index (χ3v) is 7.93. The molecule has 0 saturated carbocycles. The lowest BCUT2D eigenvalue weighted by atomic mass is 9.78. The smallest absolute Gasteiger partial charge is 0.349 e. The lowest BCUT2D eigenvalue weighted by Gasteiger charge is -2.29. The molecule has 7 heteroatoms. The van der Waals surface area contributed by atoms with Gasteiger partial charge < -0.3 is 19.1 Å². The zero-order valence-corrected chi connectivity index (χ0v) is 23.4. The highest BCUT2D eigenvalue weighted by molar-refractivity contribution is 7.53. The first-order valence-electron chi connectivity index (χ1n) is 12.1. The number of carbonyl (C=O) groups excluding carboxylic acids is 1. The molecule has 0 heterocycles. The van der Waals surface area contributed by atoms with Crippen LogP contribution in [0.25, 0.3) is 0 Å². The SMILES string of the molecule is COP(=O)(CN(CCCc1ccccc1)C(=O)Cc1cc(C(C)(C)C)c(O)c(C(C)(C)C)c1)OC. The minimum Gasteiger partial charge on any atom is -0.507 e. The van der Waals surface area contributed by atoms with Crippen LogP contribution in [0.1, 0.15) is 70.2 Å². The molecule has 2 rings (SSSR count). The summed E-state index contributed by atoms with van der Waals surface area (Å²) in [4.78, 5) is 15.1. The van der Waals surface area contributed by atoms with Gasteiger partial charge in [0.25, 0.3) is 0 Å². The third-order valence-electron chi connectivity index (χ3n) is 6.13. The van der Waals surface area contributed by atoms with E-state index in [1.165, 1.54) is 19.8 Å². The molecule has 0 aliphatic carbocycles. The van der Waals surface area contributed by atoms with E-state index < -0.39 is 7.60 Å². The van der Waals surface area contributed by atoms with Crippen LogP contribution in [0.15, 0.2) is 42.5 Å². The fraction of sp³-hybridized carbons (Fsp3) is 0.536. The van der Waals surface area contributed by atoms with Crippen LogP contribution in [0.5, 0.6) is 5.75 Å². The van der Waals surface area contributed by atoms with Gasteiger partial charge >= 0.3 is 7.60 Å². The van der Waals surface area contributed by atoms with Crippen molar-refractivity contribution in [1.82, 2.24) is 4.90 Å². The van der Waals surface area contributed by atoms with E-state index in [4.69, 9.17) is 9.05 Å². The van der Waals surface area contributed by atoms with E-state index in [1.807, 2.05) is 71.9 Å². The van der Waals surface area contributed by atoms with Crippen molar-refractivity contribution in [2.24, 2.45) is 0 Å². The molecule has 194 valence electrons. The molecular weight excluding hydrogens is 461 g/mol. The number of carbonyl (C=O) groups is 1. The van der Waals surface area contributed by atoms with E-state index in [-0.39, 0.29) is 35.2 Å². The lowest BCUT2D eigenvalue weighted by molar-refractivity contribution is -0.129. The summed E-state index contributed by atoms with van der Waals surface area (Å²) in [7, 11) is -0.752. The molecule has 0 spiro atoms. The summed E-state index contributed by atoms with van der Waals surface area (Å²) in [5, 5.41) is 11.0. The Balaban J connectivity index is 2.34. The number of rotatable bonds is 10. The van der Waals surface area contributed by atoms with Crippen molar-refractivity contribution in [3.8, 4) is 5.75 Å². The standard InChI is InChI=1S/C28H42NO5P/c1-27(2,3)23-17-22(18-24(26(23)31)28(4,5)6)19-25(30)29(20-35(32,33-7)34-8)16-12-15-21-13-10-9-11-14-21/h9-11,13-14,17-18,31H,12,15-16,19-20H2,1-8H3. The van der Waals surface area contributed by atoms with Crippen molar-refractivity contribution in [1.29, 1.82) is 0 Å². The maximum Gasteiger partial charge on any atom is 0.349 e. The molecule has 0 unspecified atom stereocenters. The van der Waals surface area contributed by atoms with Crippen LogP contribution in [0.3, 0.4) is 0 Å². The van der Waals surface area contributed by atoms with Crippen molar-refractivity contribution in [2.75, 3.05) is 27.1 Å². The number of aromatic hydroxyl groups is 1. The van der Waals surface area contributed by atoms with Crippen molar-refractivity contribution >= 4 is 13.5 Å². The van der Waals surface area contributed by atoms with Gasteiger partial charge in [0, 0.05) is 20.8 Å². The maximum atomic E-state index is 13.5. The zero-order chi connectivity index (χ0) is 26.4. The molecule has 0 aliphatic rings. The number of nitrogens with zero attached hydrogens (tertiary/aromatic N) is 1. The van der Waals surface area contributed by atoms with Crippen molar-refractivity contribution in [3.63, 3.8) is 0 Å². The van der Waals surface area contributed by atoms with Gasteiger partial charge in [0.15, 0.2) is 0 Å². The average Bonchev–Trinajstić information content (AvgIpc) is 2.78. The number of benzene rings is 2. The van der Waals surface area contributed by atoms with Crippen LogP contribution < -0.4 is 0 Å². The number of hydrogen-bond donors (Lipinski definition) is 1. The normalized spacial score (nSPS) is 12.6. The molecule has 35 heavy (non-hydrogen) atoms. The van der Waals surface area contributed by atoms with Crippen molar-refractivity contribution in [2.45, 2.75) is 71.6 Å². The molecule has 0 aliphatic heterocycles. The molecule has 0 atom stereocenters. The van der Waals surface area contributed by atoms with Crippen LogP contribution in [-0.4, -0.2) is 43.0 Å². The molecule has 0 bridgehead atoms. The molecule has 0 saturated heterocycles. The van der Waals surface area contributed by atoms with E-state index in [0.717, 1.165) is 29.5 Å². The number of hydrogen-bond acceptors (Lipinski definition) is 5. The van der Waals surface area contributed by atoms with Crippen LogP contribution in [-0.2, 0) is 42.1 Å². The van der Waals surface area contributed by atoms with E-state index >= 15 is 0 Å². The Kier molecular flexibility index (Phi) is 9.75. The second kappa shape index (κ2) is 11.7. The quantitative estimate of drug-likeness (QED) is 0.378. The Hall–Kier alpha value is -2.14. The number of amides is 1. The van der Waals surface area contributed by atoms with Crippen molar-refractivity contribution < 1.29 is 23.5 Å². The maximum absolute atomic E-state index is 13.5.